The van der Waals surface area contributed by atoms with Crippen LogP contribution in [0.3, 0.4) is 0 Å². The molecular weight excluding hydrogens is 382 g/mol. The van der Waals surface area contributed by atoms with Crippen LogP contribution in [0.4, 0.5) is 16.2 Å². The van der Waals surface area contributed by atoms with E-state index in [1.54, 1.807) is 47.4 Å². The van der Waals surface area contributed by atoms with E-state index in [0.29, 0.717) is 48.5 Å². The number of rotatable bonds is 5. The number of anilines is 2. The summed E-state index contributed by atoms with van der Waals surface area (Å²) < 4.78 is 10.8. The van der Waals surface area contributed by atoms with Gasteiger partial charge in [0.1, 0.15) is 5.75 Å². The van der Waals surface area contributed by atoms with Crippen LogP contribution < -0.4 is 15.4 Å². The molecule has 148 valence electrons. The van der Waals surface area contributed by atoms with Crippen LogP contribution >= 0.6 is 11.6 Å². The molecule has 1 aliphatic heterocycles. The van der Waals surface area contributed by atoms with E-state index in [-0.39, 0.29) is 18.5 Å². The lowest BCUT2D eigenvalue weighted by molar-refractivity contribution is -0.137. The summed E-state index contributed by atoms with van der Waals surface area (Å²) in [5.41, 5.74) is 2.06. The normalized spacial score (nSPS) is 13.7. The van der Waals surface area contributed by atoms with Crippen LogP contribution in [-0.4, -0.2) is 49.7 Å². The zero-order valence-electron chi connectivity index (χ0n) is 15.5. The first-order valence-corrected chi connectivity index (χ1v) is 9.31. The molecule has 0 spiro atoms. The van der Waals surface area contributed by atoms with Gasteiger partial charge in [0.15, 0.2) is 6.61 Å². The molecule has 3 rings (SSSR count). The van der Waals surface area contributed by atoms with Crippen molar-refractivity contribution in [2.24, 2.45) is 0 Å². The second kappa shape index (κ2) is 9.43. The highest BCUT2D eigenvalue weighted by Gasteiger charge is 2.17. The van der Waals surface area contributed by atoms with Gasteiger partial charge in [-0.3, -0.25) is 4.79 Å². The Balaban J connectivity index is 1.53. The lowest BCUT2D eigenvalue weighted by Gasteiger charge is -2.26. The average molecular weight is 404 g/mol. The molecule has 8 heteroatoms. The lowest BCUT2D eigenvalue weighted by atomic mass is 10.2. The van der Waals surface area contributed by atoms with Crippen LogP contribution in [0.5, 0.6) is 5.75 Å². The van der Waals surface area contributed by atoms with E-state index in [4.69, 9.17) is 21.1 Å². The largest absolute Gasteiger partial charge is 0.484 e. The van der Waals surface area contributed by atoms with E-state index in [9.17, 15) is 9.59 Å². The SMILES string of the molecule is Cc1cc(OCC(=O)N2CCOCC2)ccc1NC(=O)Nc1cccc(Cl)c1. The Morgan fingerprint density at radius 2 is 1.93 bits per heavy atom. The van der Waals surface area contributed by atoms with Gasteiger partial charge in [0.05, 0.1) is 13.2 Å². The second-order valence-corrected chi connectivity index (χ2v) is 6.78. The molecular formula is C20H22ClN3O4. The van der Waals surface area contributed by atoms with E-state index in [0.717, 1.165) is 5.56 Å². The highest BCUT2D eigenvalue weighted by molar-refractivity contribution is 6.30. The number of nitrogens with zero attached hydrogens (tertiary/aromatic N) is 1. The first-order chi connectivity index (χ1) is 13.5. The van der Waals surface area contributed by atoms with Crippen LogP contribution in [-0.2, 0) is 9.53 Å². The van der Waals surface area contributed by atoms with Crippen molar-refractivity contribution in [2.45, 2.75) is 6.92 Å². The van der Waals surface area contributed by atoms with E-state index < -0.39 is 0 Å². The summed E-state index contributed by atoms with van der Waals surface area (Å²) in [6.45, 7) is 4.12. The average Bonchev–Trinajstić information content (AvgIpc) is 2.68. The Kier molecular flexibility index (Phi) is 6.73. The van der Waals surface area contributed by atoms with Crippen molar-refractivity contribution in [2.75, 3.05) is 43.5 Å². The number of aryl methyl sites for hydroxylation is 1. The Morgan fingerprint density at radius 1 is 1.14 bits per heavy atom. The van der Waals surface area contributed by atoms with Crippen LogP contribution in [0.25, 0.3) is 0 Å². The Hall–Kier alpha value is -2.77. The zero-order chi connectivity index (χ0) is 19.9. The molecule has 0 aromatic heterocycles. The smallest absolute Gasteiger partial charge is 0.323 e. The fourth-order valence-electron chi connectivity index (χ4n) is 2.77. The predicted molar refractivity (Wildman–Crippen MR) is 108 cm³/mol. The maximum atomic E-state index is 12.2. The quantitative estimate of drug-likeness (QED) is 0.800. The highest BCUT2D eigenvalue weighted by Crippen LogP contribution is 2.22. The number of carbonyl (C=O) groups excluding carboxylic acids is 2. The van der Waals surface area contributed by atoms with E-state index >= 15 is 0 Å². The van der Waals surface area contributed by atoms with E-state index in [1.165, 1.54) is 0 Å². The molecule has 2 N–H and O–H groups in total. The summed E-state index contributed by atoms with van der Waals surface area (Å²) in [7, 11) is 0. The monoisotopic (exact) mass is 403 g/mol. The second-order valence-electron chi connectivity index (χ2n) is 6.35. The van der Waals surface area contributed by atoms with Crippen LogP contribution in [0.15, 0.2) is 42.5 Å². The summed E-state index contributed by atoms with van der Waals surface area (Å²) in [4.78, 5) is 26.0. The van der Waals surface area contributed by atoms with Crippen molar-refractivity contribution in [3.63, 3.8) is 0 Å². The van der Waals surface area contributed by atoms with Gasteiger partial charge < -0.3 is 25.0 Å². The fraction of sp³-hybridized carbons (Fsp3) is 0.300. The van der Waals surface area contributed by atoms with Crippen molar-refractivity contribution >= 4 is 34.9 Å². The van der Waals surface area contributed by atoms with Gasteiger partial charge in [-0.1, -0.05) is 17.7 Å². The predicted octanol–water partition coefficient (Wildman–Crippen LogP) is 3.53. The molecule has 2 aromatic carbocycles. The van der Waals surface area contributed by atoms with Gasteiger partial charge in [0.25, 0.3) is 5.91 Å². The molecule has 0 unspecified atom stereocenters. The number of urea groups is 1. The van der Waals surface area contributed by atoms with Gasteiger partial charge in [-0.15, -0.1) is 0 Å². The molecule has 0 aliphatic carbocycles. The maximum absolute atomic E-state index is 12.2. The van der Waals surface area contributed by atoms with Crippen molar-refractivity contribution in [1.82, 2.24) is 4.90 Å². The molecule has 3 amide bonds. The van der Waals surface area contributed by atoms with Gasteiger partial charge in [0, 0.05) is 29.5 Å². The fourth-order valence-corrected chi connectivity index (χ4v) is 2.96. The number of hydrogen-bond acceptors (Lipinski definition) is 4. The molecule has 0 saturated carbocycles. The summed E-state index contributed by atoms with van der Waals surface area (Å²) >= 11 is 5.91. The van der Waals surface area contributed by atoms with Gasteiger partial charge in [-0.25, -0.2) is 4.79 Å². The van der Waals surface area contributed by atoms with E-state index in [1.807, 2.05) is 6.92 Å². The van der Waals surface area contributed by atoms with Gasteiger partial charge in [-0.05, 0) is 48.9 Å². The molecule has 7 nitrogen and oxygen atoms in total. The summed E-state index contributed by atoms with van der Waals surface area (Å²) in [6, 6.07) is 11.8. The number of nitrogens with one attached hydrogen (secondary N) is 2. The minimum absolute atomic E-state index is 0.0263. The topological polar surface area (TPSA) is 79.9 Å². The zero-order valence-corrected chi connectivity index (χ0v) is 16.3. The number of hydrogen-bond donors (Lipinski definition) is 2. The van der Waals surface area contributed by atoms with Crippen LogP contribution in [0.1, 0.15) is 5.56 Å². The molecule has 0 atom stereocenters. The molecule has 0 radical (unpaired) electrons. The Labute approximate surface area is 168 Å². The number of halogens is 1. The Morgan fingerprint density at radius 3 is 2.64 bits per heavy atom. The standard InChI is InChI=1S/C20H22ClN3O4/c1-14-11-17(28-13-19(25)24-7-9-27-10-8-24)5-6-18(14)23-20(26)22-16-4-2-3-15(21)12-16/h2-6,11-12H,7-10,13H2,1H3,(H2,22,23,26). The van der Waals surface area contributed by atoms with Crippen LogP contribution in [0.2, 0.25) is 5.02 Å². The summed E-state index contributed by atoms with van der Waals surface area (Å²) in [6.07, 6.45) is 0. The first kappa shape index (κ1) is 20.0. The first-order valence-electron chi connectivity index (χ1n) is 8.94. The van der Waals surface area contributed by atoms with Crippen LogP contribution in [0, 0.1) is 6.92 Å². The van der Waals surface area contributed by atoms with Crippen molar-refractivity contribution < 1.29 is 19.1 Å². The van der Waals surface area contributed by atoms with Crippen molar-refractivity contribution in [1.29, 1.82) is 0 Å². The number of amides is 3. The molecule has 1 fully saturated rings. The van der Waals surface area contributed by atoms with Crippen molar-refractivity contribution in [3.05, 3.63) is 53.1 Å². The molecule has 1 saturated heterocycles. The number of benzene rings is 2. The molecule has 2 aromatic rings. The number of morpholine rings is 1. The maximum Gasteiger partial charge on any atom is 0.323 e. The number of carbonyl (C=O) groups is 2. The lowest BCUT2D eigenvalue weighted by Crippen LogP contribution is -2.42. The summed E-state index contributed by atoms with van der Waals surface area (Å²) in [5.74, 6) is 0.504. The van der Waals surface area contributed by atoms with Gasteiger partial charge in [0.2, 0.25) is 0 Å². The van der Waals surface area contributed by atoms with E-state index in [2.05, 4.69) is 10.6 Å². The molecule has 1 aliphatic rings. The van der Waals surface area contributed by atoms with Crippen molar-refractivity contribution in [3.8, 4) is 5.75 Å². The number of ether oxygens (including phenoxy) is 2. The highest BCUT2D eigenvalue weighted by atomic mass is 35.5. The van der Waals surface area contributed by atoms with Gasteiger partial charge in [-0.2, -0.15) is 0 Å². The Bertz CT molecular complexity index is 853. The minimum Gasteiger partial charge on any atom is -0.484 e. The van der Waals surface area contributed by atoms with Gasteiger partial charge >= 0.3 is 6.03 Å². The third-order valence-electron chi connectivity index (χ3n) is 4.25. The molecule has 1 heterocycles. The molecule has 28 heavy (non-hydrogen) atoms. The molecule has 0 bridgehead atoms. The third-order valence-corrected chi connectivity index (χ3v) is 4.49. The third kappa shape index (κ3) is 5.61. The minimum atomic E-state index is -0.374. The summed E-state index contributed by atoms with van der Waals surface area (Å²) in [5, 5.41) is 6.05.